The average molecular weight is 279 g/mol. The van der Waals surface area contributed by atoms with Gasteiger partial charge in [-0.2, -0.15) is 0 Å². The van der Waals surface area contributed by atoms with E-state index in [0.717, 1.165) is 29.7 Å². The van der Waals surface area contributed by atoms with Gasteiger partial charge in [-0.05, 0) is 46.1 Å². The molecule has 0 unspecified atom stereocenters. The largest absolute Gasteiger partial charge is 0.496 e. The summed E-state index contributed by atoms with van der Waals surface area (Å²) < 4.78 is 6.33. The highest BCUT2D eigenvalue weighted by molar-refractivity contribution is 9.10. The fraction of sp³-hybridized carbons (Fsp3) is 0.400. The van der Waals surface area contributed by atoms with Gasteiger partial charge in [0.2, 0.25) is 0 Å². The van der Waals surface area contributed by atoms with Crippen LogP contribution in [0.1, 0.15) is 11.1 Å². The second-order valence-electron chi connectivity index (χ2n) is 3.15. The maximum absolute atomic E-state index is 5.24. The summed E-state index contributed by atoms with van der Waals surface area (Å²) in [5.74, 6) is 0.919. The molecule has 0 saturated carbocycles. The molecule has 0 aromatic heterocycles. The normalized spacial score (nSPS) is 14.1. The zero-order valence-corrected chi connectivity index (χ0v) is 10.4. The summed E-state index contributed by atoms with van der Waals surface area (Å²) in [5, 5.41) is 3.35. The molecule has 1 N–H and O–H groups in total. The number of methoxy groups -OCH3 is 1. The Morgan fingerprint density at radius 2 is 2.21 bits per heavy atom. The van der Waals surface area contributed by atoms with Crippen molar-refractivity contribution in [3.63, 3.8) is 0 Å². The first-order valence-electron chi connectivity index (χ1n) is 4.38. The Bertz CT molecular complexity index is 330. The van der Waals surface area contributed by atoms with E-state index in [9.17, 15) is 0 Å². The summed E-state index contributed by atoms with van der Waals surface area (Å²) >= 11 is 3.56. The first-order chi connectivity index (χ1) is 6.33. The number of rotatable bonds is 1. The monoisotopic (exact) mass is 277 g/mol. The summed E-state index contributed by atoms with van der Waals surface area (Å²) in [4.78, 5) is 0. The third-order valence-electron chi connectivity index (χ3n) is 2.40. The first-order valence-corrected chi connectivity index (χ1v) is 5.17. The molecule has 0 fully saturated rings. The molecule has 1 aliphatic rings. The van der Waals surface area contributed by atoms with Crippen LogP contribution in [0.3, 0.4) is 0 Å². The number of hydrogen-bond donors (Lipinski definition) is 1. The van der Waals surface area contributed by atoms with Gasteiger partial charge in [-0.25, -0.2) is 0 Å². The number of halogens is 2. The van der Waals surface area contributed by atoms with E-state index in [-0.39, 0.29) is 12.4 Å². The summed E-state index contributed by atoms with van der Waals surface area (Å²) in [6, 6.07) is 4.17. The number of fused-ring (bicyclic) bond motifs is 1. The van der Waals surface area contributed by atoms with Gasteiger partial charge in [-0.15, -0.1) is 12.4 Å². The molecule has 0 bridgehead atoms. The highest BCUT2D eigenvalue weighted by Crippen LogP contribution is 2.32. The van der Waals surface area contributed by atoms with Crippen molar-refractivity contribution in [3.8, 4) is 5.75 Å². The average Bonchev–Trinajstić information content (AvgIpc) is 2.19. The molecule has 1 aromatic rings. The van der Waals surface area contributed by atoms with E-state index in [0.29, 0.717) is 0 Å². The molecular weight excluding hydrogens is 265 g/mol. The molecule has 0 spiro atoms. The van der Waals surface area contributed by atoms with Gasteiger partial charge in [0.1, 0.15) is 5.75 Å². The lowest BCUT2D eigenvalue weighted by Gasteiger charge is -2.19. The zero-order chi connectivity index (χ0) is 9.26. The Hall–Kier alpha value is -0.250. The minimum Gasteiger partial charge on any atom is -0.496 e. The van der Waals surface area contributed by atoms with Crippen LogP contribution in [0.25, 0.3) is 0 Å². The van der Waals surface area contributed by atoms with E-state index >= 15 is 0 Å². The van der Waals surface area contributed by atoms with Crippen LogP contribution in [0.2, 0.25) is 0 Å². The number of hydrogen-bond acceptors (Lipinski definition) is 2. The number of benzene rings is 1. The van der Waals surface area contributed by atoms with Gasteiger partial charge in [0.25, 0.3) is 0 Å². The van der Waals surface area contributed by atoms with Gasteiger partial charge in [-0.3, -0.25) is 0 Å². The Morgan fingerprint density at radius 1 is 1.43 bits per heavy atom. The fourth-order valence-corrected chi connectivity index (χ4v) is 2.35. The molecule has 4 heteroatoms. The molecule has 1 aromatic carbocycles. The van der Waals surface area contributed by atoms with Crippen molar-refractivity contribution in [1.29, 1.82) is 0 Å². The SMILES string of the molecule is COc1ccc2c(c1Br)CNCC2.Cl. The van der Waals surface area contributed by atoms with Crippen LogP contribution >= 0.6 is 28.3 Å². The minimum atomic E-state index is 0. The highest BCUT2D eigenvalue weighted by atomic mass is 79.9. The van der Waals surface area contributed by atoms with Gasteiger partial charge in [0, 0.05) is 6.54 Å². The lowest BCUT2D eigenvalue weighted by atomic mass is 10.0. The molecule has 2 rings (SSSR count). The maximum Gasteiger partial charge on any atom is 0.133 e. The van der Waals surface area contributed by atoms with Gasteiger partial charge in [0.05, 0.1) is 11.6 Å². The van der Waals surface area contributed by atoms with Crippen molar-refractivity contribution in [3.05, 3.63) is 27.7 Å². The summed E-state index contributed by atoms with van der Waals surface area (Å²) in [6.45, 7) is 2.01. The molecule has 0 amide bonds. The van der Waals surface area contributed by atoms with Crippen molar-refractivity contribution in [1.82, 2.24) is 5.32 Å². The third-order valence-corrected chi connectivity index (χ3v) is 3.27. The van der Waals surface area contributed by atoms with E-state index in [1.807, 2.05) is 6.07 Å². The second-order valence-corrected chi connectivity index (χ2v) is 3.94. The lowest BCUT2D eigenvalue weighted by Crippen LogP contribution is -2.23. The Labute approximate surface area is 98.6 Å². The van der Waals surface area contributed by atoms with Crippen LogP contribution in [0, 0.1) is 0 Å². The van der Waals surface area contributed by atoms with E-state index in [2.05, 4.69) is 27.3 Å². The van der Waals surface area contributed by atoms with Crippen LogP contribution in [0.5, 0.6) is 5.75 Å². The summed E-state index contributed by atoms with van der Waals surface area (Å²) in [6.07, 6.45) is 1.11. The Morgan fingerprint density at radius 3 is 2.93 bits per heavy atom. The summed E-state index contributed by atoms with van der Waals surface area (Å²) in [7, 11) is 1.70. The van der Waals surface area contributed by atoms with Gasteiger partial charge in [-0.1, -0.05) is 6.07 Å². The van der Waals surface area contributed by atoms with Crippen molar-refractivity contribution in [2.45, 2.75) is 13.0 Å². The van der Waals surface area contributed by atoms with Crippen molar-refractivity contribution < 1.29 is 4.74 Å². The van der Waals surface area contributed by atoms with Crippen LogP contribution in [0.4, 0.5) is 0 Å². The standard InChI is InChI=1S/C10H12BrNO.ClH/c1-13-9-3-2-7-4-5-12-6-8(7)10(9)11;/h2-3,12H,4-6H2,1H3;1H. The molecule has 0 saturated heterocycles. The van der Waals surface area contributed by atoms with E-state index in [1.54, 1.807) is 7.11 Å². The zero-order valence-electron chi connectivity index (χ0n) is 7.97. The van der Waals surface area contributed by atoms with Crippen molar-refractivity contribution in [2.24, 2.45) is 0 Å². The fourth-order valence-electron chi connectivity index (χ4n) is 1.66. The number of nitrogens with one attached hydrogen (secondary N) is 1. The molecule has 2 nitrogen and oxygen atoms in total. The summed E-state index contributed by atoms with van der Waals surface area (Å²) in [5.41, 5.74) is 2.76. The number of ether oxygens (including phenoxy) is 1. The molecule has 0 radical (unpaired) electrons. The topological polar surface area (TPSA) is 21.3 Å². The van der Waals surface area contributed by atoms with Crippen LogP contribution in [-0.4, -0.2) is 13.7 Å². The van der Waals surface area contributed by atoms with Crippen LogP contribution < -0.4 is 10.1 Å². The van der Waals surface area contributed by atoms with Crippen molar-refractivity contribution >= 4 is 28.3 Å². The molecule has 78 valence electrons. The van der Waals surface area contributed by atoms with E-state index < -0.39 is 0 Å². The van der Waals surface area contributed by atoms with E-state index in [1.165, 1.54) is 11.1 Å². The second kappa shape index (κ2) is 5.01. The third kappa shape index (κ3) is 2.05. The molecule has 0 aliphatic carbocycles. The molecular formula is C10H13BrClNO. The smallest absolute Gasteiger partial charge is 0.133 e. The maximum atomic E-state index is 5.24. The predicted octanol–water partition coefficient (Wildman–Crippen LogP) is 2.53. The van der Waals surface area contributed by atoms with Gasteiger partial charge < -0.3 is 10.1 Å². The first kappa shape index (κ1) is 11.8. The lowest BCUT2D eigenvalue weighted by molar-refractivity contribution is 0.410. The van der Waals surface area contributed by atoms with Crippen molar-refractivity contribution in [2.75, 3.05) is 13.7 Å². The molecule has 14 heavy (non-hydrogen) atoms. The van der Waals surface area contributed by atoms with E-state index in [4.69, 9.17) is 4.74 Å². The van der Waals surface area contributed by atoms with Gasteiger partial charge in [0.15, 0.2) is 0 Å². The Balaban J connectivity index is 0.000000980. The van der Waals surface area contributed by atoms with Gasteiger partial charge >= 0.3 is 0 Å². The Kier molecular flexibility index (Phi) is 4.23. The molecule has 1 heterocycles. The minimum absolute atomic E-state index is 0. The molecule has 1 aliphatic heterocycles. The quantitative estimate of drug-likeness (QED) is 0.852. The highest BCUT2D eigenvalue weighted by Gasteiger charge is 2.14. The van der Waals surface area contributed by atoms with Crippen LogP contribution in [0.15, 0.2) is 16.6 Å². The van der Waals surface area contributed by atoms with Crippen LogP contribution in [-0.2, 0) is 13.0 Å². The predicted molar refractivity (Wildman–Crippen MR) is 63.4 cm³/mol. The molecule has 0 atom stereocenters.